The molecule has 0 bridgehead atoms. The Morgan fingerprint density at radius 3 is 2.22 bits per heavy atom. The molecule has 394 valence electrons. The molecule has 2 amide bonds. The van der Waals surface area contributed by atoms with Crippen LogP contribution in [0.2, 0.25) is 5.02 Å². The second-order valence-corrected chi connectivity index (χ2v) is 22.3. The normalized spacial score (nSPS) is 16.9. The summed E-state index contributed by atoms with van der Waals surface area (Å²) in [5.74, 6) is -6.15. The Morgan fingerprint density at radius 2 is 1.62 bits per heavy atom. The van der Waals surface area contributed by atoms with Gasteiger partial charge in [0.25, 0.3) is 5.92 Å². The number of ether oxygens (including phenoxy) is 2. The Labute approximate surface area is 413 Å². The molecular formula is C44H40ClF10N7O9S2. The Balaban J connectivity index is 1.46. The van der Waals surface area contributed by atoms with Crippen molar-refractivity contribution in [3.8, 4) is 23.0 Å². The molecule has 3 heterocycles. The molecule has 2 aliphatic carbocycles. The van der Waals surface area contributed by atoms with E-state index in [1.54, 1.807) is 0 Å². The third kappa shape index (κ3) is 11.5. The lowest BCUT2D eigenvalue weighted by atomic mass is 9.93. The molecule has 29 heteroatoms. The molecule has 1 unspecified atom stereocenters. The van der Waals surface area contributed by atoms with Gasteiger partial charge in [0.05, 0.1) is 53.7 Å². The van der Waals surface area contributed by atoms with Crippen LogP contribution in [0.5, 0.6) is 0 Å². The summed E-state index contributed by atoms with van der Waals surface area (Å²) < 4.78 is 207. The number of amides is 2. The van der Waals surface area contributed by atoms with Gasteiger partial charge in [-0.25, -0.2) is 35.4 Å². The smallest absolute Gasteiger partial charge is 0.435 e. The number of aliphatic hydroxyl groups excluding tert-OH is 1. The SMILES string of the molecule is CC(C)(C#Cc1ccc(-c2ccc(Cl)c3c(N(C(=O)OCCOCCO)S(C)(=O)=O)nn(CC(F)(F)F)c23)c([C@H](Cc2cc(F)cc(F)c2)NC(=O)Cn2nc(C(F)(F)F)c3c2C(F)(F)C2C[C@H]32)n1)S(C)(=O)=O. The zero-order valence-electron chi connectivity index (χ0n) is 38.3. The van der Waals surface area contributed by atoms with Crippen molar-refractivity contribution in [1.29, 1.82) is 0 Å². The van der Waals surface area contributed by atoms with Crippen LogP contribution in [0.25, 0.3) is 22.0 Å². The summed E-state index contributed by atoms with van der Waals surface area (Å²) in [5, 5.41) is 17.5. The number of sulfonamides is 1. The third-order valence-electron chi connectivity index (χ3n) is 11.7. The van der Waals surface area contributed by atoms with Crippen molar-refractivity contribution >= 4 is 60.2 Å². The van der Waals surface area contributed by atoms with Crippen LogP contribution < -0.4 is 9.62 Å². The number of aromatic nitrogens is 5. The standard InChI is InChI=1S/C44H40ClF10N7O9S2/c1-41(2,72(3,66)67)10-9-25-5-6-26(27-7-8-30(45)34-36(27)61(21-42(48,49)50)59-39(34)62(73(4,68)69)40(65)71-14-13-70-12-11-63)35(56-25)31(17-22-15-23(46)18-24(47)16-22)57-32(64)20-60-38-33(37(58-60)44(53,54)55)28-19-29(28)43(38,51)52/h5-8,15-16,18,28-29,31,63H,11-14,17,19-21H2,1-4H3,(H,57,64)/t28-,29?,31-/m0/s1. The lowest BCUT2D eigenvalue weighted by Crippen LogP contribution is -2.37. The molecule has 0 radical (unpaired) electrons. The second-order valence-electron chi connectivity index (χ2n) is 17.5. The van der Waals surface area contributed by atoms with Crippen LogP contribution in [0.4, 0.5) is 54.5 Å². The average Bonchev–Trinajstić information content (AvgIpc) is 3.77. The average molecular weight is 1100 g/mol. The lowest BCUT2D eigenvalue weighted by molar-refractivity contribution is -0.143. The molecule has 0 aliphatic heterocycles. The van der Waals surface area contributed by atoms with Gasteiger partial charge in [-0.05, 0) is 74.4 Å². The van der Waals surface area contributed by atoms with Crippen LogP contribution in [-0.4, -0.2) is 108 Å². The molecule has 1 fully saturated rings. The molecule has 2 aromatic carbocycles. The molecule has 5 aromatic rings. The summed E-state index contributed by atoms with van der Waals surface area (Å²) in [5.41, 5.74) is -6.03. The highest BCUT2D eigenvalue weighted by Crippen LogP contribution is 2.68. The van der Waals surface area contributed by atoms with Crippen molar-refractivity contribution in [2.24, 2.45) is 5.92 Å². The van der Waals surface area contributed by atoms with E-state index in [1.165, 1.54) is 13.8 Å². The van der Waals surface area contributed by atoms with Gasteiger partial charge in [-0.15, -0.1) is 0 Å². The van der Waals surface area contributed by atoms with Crippen LogP contribution in [0.3, 0.4) is 0 Å². The van der Waals surface area contributed by atoms with Crippen molar-refractivity contribution in [2.45, 2.75) is 74.8 Å². The zero-order valence-corrected chi connectivity index (χ0v) is 40.7. The number of pyridine rings is 1. The molecule has 3 aromatic heterocycles. The summed E-state index contributed by atoms with van der Waals surface area (Å²) in [7, 11) is -8.79. The van der Waals surface area contributed by atoms with E-state index in [-0.39, 0.29) is 55.7 Å². The number of anilines is 1. The Kier molecular flexibility index (Phi) is 14.8. The number of benzene rings is 2. The molecule has 2 N–H and O–H groups in total. The van der Waals surface area contributed by atoms with Crippen molar-refractivity contribution in [3.63, 3.8) is 0 Å². The number of sulfone groups is 1. The lowest BCUT2D eigenvalue weighted by Gasteiger charge is -2.23. The first-order valence-corrected chi connectivity index (χ1v) is 25.5. The van der Waals surface area contributed by atoms with Gasteiger partial charge in [-0.2, -0.15) is 49.6 Å². The van der Waals surface area contributed by atoms with Gasteiger partial charge in [0.15, 0.2) is 21.3 Å². The fourth-order valence-electron chi connectivity index (χ4n) is 8.19. The van der Waals surface area contributed by atoms with Gasteiger partial charge < -0.3 is 19.9 Å². The number of hydrogen-bond acceptors (Lipinski definition) is 12. The van der Waals surface area contributed by atoms with E-state index in [0.29, 0.717) is 12.3 Å². The van der Waals surface area contributed by atoms with Crippen molar-refractivity contribution < 1.29 is 84.9 Å². The quantitative estimate of drug-likeness (QED) is 0.0572. The number of rotatable bonds is 16. The number of fused-ring (bicyclic) bond motifs is 4. The Morgan fingerprint density at radius 1 is 0.959 bits per heavy atom. The third-order valence-corrected chi connectivity index (χ3v) is 14.9. The molecule has 3 atom stereocenters. The molecular weight excluding hydrogens is 1060 g/mol. The summed E-state index contributed by atoms with van der Waals surface area (Å²) in [6.45, 7) is -2.50. The van der Waals surface area contributed by atoms with Crippen molar-refractivity contribution in [2.75, 3.05) is 43.2 Å². The largest absolute Gasteiger partial charge is 0.446 e. The van der Waals surface area contributed by atoms with Crippen molar-refractivity contribution in [1.82, 2.24) is 29.9 Å². The number of alkyl halides is 8. The minimum atomic E-state index is -5.23. The fraction of sp³-hybridized carbons (Fsp3) is 0.432. The highest BCUT2D eigenvalue weighted by Gasteiger charge is 2.68. The molecule has 7 rings (SSSR count). The summed E-state index contributed by atoms with van der Waals surface area (Å²) in [6, 6.07) is 4.66. The second kappa shape index (κ2) is 19.7. The first kappa shape index (κ1) is 54.7. The van der Waals surface area contributed by atoms with Crippen LogP contribution in [0.15, 0.2) is 42.5 Å². The number of hydrogen-bond donors (Lipinski definition) is 2. The number of carbonyl (C=O) groups excluding carboxylic acids is 2. The topological polar surface area (TPSA) is 205 Å². The number of carbonyl (C=O) groups is 2. The molecule has 73 heavy (non-hydrogen) atoms. The molecule has 1 saturated carbocycles. The fourth-order valence-corrected chi connectivity index (χ4v) is 9.43. The first-order valence-electron chi connectivity index (χ1n) is 21.4. The van der Waals surface area contributed by atoms with Crippen LogP contribution in [-0.2, 0) is 65.7 Å². The van der Waals surface area contributed by atoms with E-state index in [1.807, 2.05) is 0 Å². The molecule has 0 saturated heterocycles. The summed E-state index contributed by atoms with van der Waals surface area (Å²) >= 11 is 6.60. The van der Waals surface area contributed by atoms with Gasteiger partial charge in [0.2, 0.25) is 15.9 Å². The predicted octanol–water partition coefficient (Wildman–Crippen LogP) is 7.20. The van der Waals surface area contributed by atoms with Gasteiger partial charge in [0.1, 0.15) is 47.5 Å². The maximum absolute atomic E-state index is 15.6. The molecule has 0 spiro atoms. The molecule has 2 aliphatic rings. The molecule has 16 nitrogen and oxygen atoms in total. The summed E-state index contributed by atoms with van der Waals surface area (Å²) in [6.07, 6.45) is -11.7. The zero-order chi connectivity index (χ0) is 54.0. The van der Waals surface area contributed by atoms with E-state index >= 15 is 8.78 Å². The van der Waals surface area contributed by atoms with Gasteiger partial charge in [-0.3, -0.25) is 14.2 Å². The first-order chi connectivity index (χ1) is 33.7. The van der Waals surface area contributed by atoms with E-state index in [4.69, 9.17) is 26.2 Å². The highest BCUT2D eigenvalue weighted by molar-refractivity contribution is 7.93. The minimum Gasteiger partial charge on any atom is -0.446 e. The van der Waals surface area contributed by atoms with E-state index in [2.05, 4.69) is 32.3 Å². The van der Waals surface area contributed by atoms with Crippen LogP contribution in [0, 0.1) is 29.4 Å². The number of halogens is 11. The maximum Gasteiger partial charge on any atom is 0.435 e. The van der Waals surface area contributed by atoms with Crippen molar-refractivity contribution in [3.05, 3.63) is 93.0 Å². The van der Waals surface area contributed by atoms with Gasteiger partial charge in [-0.1, -0.05) is 23.6 Å². The van der Waals surface area contributed by atoms with Crippen LogP contribution >= 0.6 is 11.6 Å². The van der Waals surface area contributed by atoms with Gasteiger partial charge in [0, 0.05) is 34.9 Å². The van der Waals surface area contributed by atoms with E-state index in [9.17, 15) is 61.5 Å². The Hall–Kier alpha value is -6.02. The minimum absolute atomic E-state index is 0.0873. The predicted molar refractivity (Wildman–Crippen MR) is 239 cm³/mol. The summed E-state index contributed by atoms with van der Waals surface area (Å²) in [4.78, 5) is 32.1. The monoisotopic (exact) mass is 1100 g/mol. The maximum atomic E-state index is 15.6. The number of nitrogens with one attached hydrogen (secondary N) is 1. The van der Waals surface area contributed by atoms with Crippen LogP contribution in [0.1, 0.15) is 66.1 Å². The van der Waals surface area contributed by atoms with E-state index in [0.717, 1.165) is 42.7 Å². The highest BCUT2D eigenvalue weighted by atomic mass is 35.5. The Bertz CT molecular complexity index is 3300. The number of nitrogens with zero attached hydrogens (tertiary/aromatic N) is 6. The van der Waals surface area contributed by atoms with E-state index < -0.39 is 162 Å². The number of aliphatic hydroxyl groups is 1. The van der Waals surface area contributed by atoms with Gasteiger partial charge >= 0.3 is 18.4 Å².